The van der Waals surface area contributed by atoms with Gasteiger partial charge in [0.1, 0.15) is 11.6 Å². The molecule has 3 rings (SSSR count). The fraction of sp³-hybridized carbons (Fsp3) is 0.111. The molecule has 2 amide bonds. The van der Waals surface area contributed by atoms with Crippen LogP contribution in [0.1, 0.15) is 0 Å². The number of rotatable bonds is 8. The average Bonchev–Trinajstić information content (AvgIpc) is 3.15. The highest BCUT2D eigenvalue weighted by atomic mass is 35.5. The molecule has 29 heavy (non-hydrogen) atoms. The molecular weight excluding hydrogens is 439 g/mol. The Kier molecular flexibility index (Phi) is 7.39. The lowest BCUT2D eigenvalue weighted by atomic mass is 10.3. The Morgan fingerprint density at radius 1 is 1.07 bits per heavy atom. The number of nitrogens with one attached hydrogen (secondary N) is 2. The summed E-state index contributed by atoms with van der Waals surface area (Å²) in [6.45, 7) is -0.200. The zero-order valence-electron chi connectivity index (χ0n) is 14.7. The molecule has 2 aromatic carbocycles. The molecule has 0 spiro atoms. The standard InChI is InChI=1S/C18H14ClFN4O3S2/c19-11-5-7-12(8-6-11)27-9-15(25)22-17-23-24-18(29-17)28-10-16(26)21-14-4-2-1-3-13(14)20/h1-8H,9-10H2,(H,21,26)(H,22,23,25). The molecule has 0 radical (unpaired) electrons. The van der Waals surface area contributed by atoms with Crippen LogP contribution in [-0.4, -0.2) is 34.4 Å². The summed E-state index contributed by atoms with van der Waals surface area (Å²) >= 11 is 8.03. The van der Waals surface area contributed by atoms with Crippen LogP contribution < -0.4 is 15.4 Å². The van der Waals surface area contributed by atoms with Gasteiger partial charge >= 0.3 is 0 Å². The molecule has 0 unspecified atom stereocenters. The molecule has 7 nitrogen and oxygen atoms in total. The Balaban J connectivity index is 1.42. The average molecular weight is 453 g/mol. The predicted molar refractivity (Wildman–Crippen MR) is 111 cm³/mol. The number of amides is 2. The quantitative estimate of drug-likeness (QED) is 0.395. The van der Waals surface area contributed by atoms with Gasteiger partial charge in [0, 0.05) is 5.02 Å². The second kappa shape index (κ2) is 10.2. The van der Waals surface area contributed by atoms with Gasteiger partial charge in [-0.05, 0) is 36.4 Å². The van der Waals surface area contributed by atoms with Crippen molar-refractivity contribution in [3.63, 3.8) is 0 Å². The Morgan fingerprint density at radius 3 is 2.59 bits per heavy atom. The highest BCUT2D eigenvalue weighted by Gasteiger charge is 2.12. The van der Waals surface area contributed by atoms with Crippen LogP contribution in [-0.2, 0) is 9.59 Å². The van der Waals surface area contributed by atoms with Crippen molar-refractivity contribution in [3.05, 3.63) is 59.4 Å². The Hall–Kier alpha value is -2.69. The lowest BCUT2D eigenvalue weighted by molar-refractivity contribution is -0.118. The van der Waals surface area contributed by atoms with Crippen LogP contribution in [0, 0.1) is 5.82 Å². The smallest absolute Gasteiger partial charge is 0.264 e. The molecular formula is C18H14ClFN4O3S2. The summed E-state index contributed by atoms with van der Waals surface area (Å²) in [7, 11) is 0. The van der Waals surface area contributed by atoms with E-state index in [0.717, 1.165) is 23.1 Å². The van der Waals surface area contributed by atoms with E-state index in [-0.39, 0.29) is 29.1 Å². The van der Waals surface area contributed by atoms with Gasteiger partial charge in [0.2, 0.25) is 11.0 Å². The molecule has 150 valence electrons. The van der Waals surface area contributed by atoms with E-state index in [4.69, 9.17) is 16.3 Å². The minimum Gasteiger partial charge on any atom is -0.484 e. The van der Waals surface area contributed by atoms with Crippen molar-refractivity contribution in [1.29, 1.82) is 0 Å². The molecule has 1 aromatic heterocycles. The maximum atomic E-state index is 13.5. The van der Waals surface area contributed by atoms with Gasteiger partial charge in [0.05, 0.1) is 11.4 Å². The first kappa shape index (κ1) is 21.0. The lowest BCUT2D eigenvalue weighted by Crippen LogP contribution is -2.20. The molecule has 0 saturated heterocycles. The molecule has 0 aliphatic rings. The van der Waals surface area contributed by atoms with E-state index >= 15 is 0 Å². The molecule has 1 heterocycles. The largest absolute Gasteiger partial charge is 0.484 e. The van der Waals surface area contributed by atoms with Crippen molar-refractivity contribution in [2.24, 2.45) is 0 Å². The van der Waals surface area contributed by atoms with Crippen LogP contribution in [0.15, 0.2) is 52.9 Å². The summed E-state index contributed by atoms with van der Waals surface area (Å²) in [4.78, 5) is 23.9. The van der Waals surface area contributed by atoms with Crippen molar-refractivity contribution in [2.75, 3.05) is 23.0 Å². The van der Waals surface area contributed by atoms with Crippen LogP contribution in [0.25, 0.3) is 0 Å². The van der Waals surface area contributed by atoms with E-state index < -0.39 is 11.7 Å². The third-order valence-electron chi connectivity index (χ3n) is 3.31. The molecule has 0 saturated carbocycles. The van der Waals surface area contributed by atoms with Gasteiger partial charge in [-0.1, -0.05) is 46.8 Å². The lowest BCUT2D eigenvalue weighted by Gasteiger charge is -2.05. The van der Waals surface area contributed by atoms with Gasteiger partial charge < -0.3 is 10.1 Å². The fourth-order valence-electron chi connectivity index (χ4n) is 2.03. The SMILES string of the molecule is O=C(COc1ccc(Cl)cc1)Nc1nnc(SCC(=O)Nc2ccccc2F)s1. The number of anilines is 2. The van der Waals surface area contributed by atoms with Crippen LogP contribution in [0.4, 0.5) is 15.2 Å². The first-order chi connectivity index (χ1) is 14.0. The number of halogens is 2. The second-order valence-electron chi connectivity index (χ2n) is 5.48. The Bertz CT molecular complexity index is 1000. The number of thioether (sulfide) groups is 1. The number of benzene rings is 2. The normalized spacial score (nSPS) is 10.4. The van der Waals surface area contributed by atoms with Gasteiger partial charge in [0.25, 0.3) is 5.91 Å². The monoisotopic (exact) mass is 452 g/mol. The summed E-state index contributed by atoms with van der Waals surface area (Å²) in [6, 6.07) is 12.5. The highest BCUT2D eigenvalue weighted by molar-refractivity contribution is 8.01. The maximum absolute atomic E-state index is 13.5. The van der Waals surface area contributed by atoms with E-state index in [1.54, 1.807) is 30.3 Å². The maximum Gasteiger partial charge on any atom is 0.264 e. The number of para-hydroxylation sites is 1. The van der Waals surface area contributed by atoms with Gasteiger partial charge in [-0.2, -0.15) is 0 Å². The van der Waals surface area contributed by atoms with E-state index in [0.29, 0.717) is 15.1 Å². The van der Waals surface area contributed by atoms with E-state index in [2.05, 4.69) is 20.8 Å². The first-order valence-electron chi connectivity index (χ1n) is 8.18. The number of hydrogen-bond donors (Lipinski definition) is 2. The van der Waals surface area contributed by atoms with E-state index in [1.807, 2.05) is 0 Å². The first-order valence-corrected chi connectivity index (χ1v) is 10.4. The molecule has 11 heteroatoms. The fourth-order valence-corrected chi connectivity index (χ4v) is 3.72. The van der Waals surface area contributed by atoms with E-state index in [1.165, 1.54) is 18.2 Å². The van der Waals surface area contributed by atoms with Gasteiger partial charge in [-0.15, -0.1) is 10.2 Å². The zero-order chi connectivity index (χ0) is 20.6. The van der Waals surface area contributed by atoms with Crippen LogP contribution >= 0.6 is 34.7 Å². The molecule has 0 aliphatic carbocycles. The number of carbonyl (C=O) groups is 2. The van der Waals surface area contributed by atoms with Crippen molar-refractivity contribution in [1.82, 2.24) is 10.2 Å². The van der Waals surface area contributed by atoms with Crippen LogP contribution in [0.2, 0.25) is 5.02 Å². The highest BCUT2D eigenvalue weighted by Crippen LogP contribution is 2.25. The number of nitrogens with zero attached hydrogens (tertiary/aromatic N) is 2. The molecule has 2 N–H and O–H groups in total. The number of ether oxygens (including phenoxy) is 1. The minimum absolute atomic E-state index is 0.0244. The van der Waals surface area contributed by atoms with Crippen molar-refractivity contribution in [3.8, 4) is 5.75 Å². The summed E-state index contributed by atoms with van der Waals surface area (Å²) in [6.07, 6.45) is 0. The van der Waals surface area contributed by atoms with Crippen LogP contribution in [0.5, 0.6) is 5.75 Å². The molecule has 3 aromatic rings. The van der Waals surface area contributed by atoms with Gasteiger partial charge in [-0.25, -0.2) is 4.39 Å². The minimum atomic E-state index is -0.507. The summed E-state index contributed by atoms with van der Waals surface area (Å²) in [5, 5.41) is 13.7. The van der Waals surface area contributed by atoms with Gasteiger partial charge in [-0.3, -0.25) is 14.9 Å². The van der Waals surface area contributed by atoms with Crippen LogP contribution in [0.3, 0.4) is 0 Å². The van der Waals surface area contributed by atoms with Crippen molar-refractivity contribution in [2.45, 2.75) is 4.34 Å². The molecule has 0 atom stereocenters. The summed E-state index contributed by atoms with van der Waals surface area (Å²) in [5.41, 5.74) is 0.115. The molecule has 0 aliphatic heterocycles. The van der Waals surface area contributed by atoms with Crippen molar-refractivity contribution < 1.29 is 18.7 Å². The van der Waals surface area contributed by atoms with Gasteiger partial charge in [0.15, 0.2) is 10.9 Å². The number of aromatic nitrogens is 2. The zero-order valence-corrected chi connectivity index (χ0v) is 17.1. The summed E-state index contributed by atoms with van der Waals surface area (Å²) in [5.74, 6) is -0.745. The Morgan fingerprint density at radius 2 is 1.83 bits per heavy atom. The number of hydrogen-bond acceptors (Lipinski definition) is 7. The summed E-state index contributed by atoms with van der Waals surface area (Å²) < 4.78 is 19.4. The molecule has 0 bridgehead atoms. The number of carbonyl (C=O) groups excluding carboxylic acids is 2. The Labute approximate surface area is 178 Å². The van der Waals surface area contributed by atoms with Crippen molar-refractivity contribution >= 4 is 57.3 Å². The topological polar surface area (TPSA) is 93.2 Å². The molecule has 0 fully saturated rings. The predicted octanol–water partition coefficient (Wildman–Crippen LogP) is 4.08. The third-order valence-corrected chi connectivity index (χ3v) is 5.54. The second-order valence-corrected chi connectivity index (χ2v) is 8.12. The van der Waals surface area contributed by atoms with E-state index in [9.17, 15) is 14.0 Å². The third kappa shape index (κ3) is 6.70.